The Morgan fingerprint density at radius 1 is 1.53 bits per heavy atom. The van der Waals surface area contributed by atoms with Gasteiger partial charge in [0.15, 0.2) is 0 Å². The van der Waals surface area contributed by atoms with Gasteiger partial charge < -0.3 is 5.11 Å². The molecule has 1 aliphatic rings. The summed E-state index contributed by atoms with van der Waals surface area (Å²) in [6.07, 6.45) is 8.48. The van der Waals surface area contributed by atoms with Gasteiger partial charge in [0.05, 0.1) is 11.8 Å². The van der Waals surface area contributed by atoms with E-state index in [1.807, 2.05) is 13.2 Å². The Balaban J connectivity index is 1.88. The molecule has 1 N–H and O–H groups in total. The number of hydrogen-bond acceptors (Lipinski definition) is 3. The second-order valence-electron chi connectivity index (χ2n) is 5.36. The number of aliphatic hydroxyl groups is 1. The predicted molar refractivity (Wildman–Crippen MR) is 66.5 cm³/mol. The predicted octanol–water partition coefficient (Wildman–Crippen LogP) is 1.93. The molecule has 0 saturated heterocycles. The minimum Gasteiger partial charge on any atom is -0.392 e. The van der Waals surface area contributed by atoms with Crippen molar-refractivity contribution in [1.29, 1.82) is 0 Å². The Morgan fingerprint density at radius 2 is 2.35 bits per heavy atom. The van der Waals surface area contributed by atoms with Gasteiger partial charge in [-0.25, -0.2) is 0 Å². The monoisotopic (exact) mass is 237 g/mol. The fraction of sp³-hybridized carbons (Fsp3) is 0.846. The van der Waals surface area contributed by atoms with Crippen molar-refractivity contribution < 1.29 is 5.11 Å². The second kappa shape index (κ2) is 5.63. The molecule has 96 valence electrons. The zero-order valence-electron chi connectivity index (χ0n) is 10.8. The Hall–Kier alpha value is -0.900. The molecule has 3 unspecified atom stereocenters. The van der Waals surface area contributed by atoms with Crippen LogP contribution >= 0.6 is 0 Å². The molecule has 1 heterocycles. The molecule has 0 aromatic carbocycles. The molecule has 17 heavy (non-hydrogen) atoms. The molecular weight excluding hydrogens is 214 g/mol. The van der Waals surface area contributed by atoms with Crippen molar-refractivity contribution in [3.8, 4) is 0 Å². The van der Waals surface area contributed by atoms with Gasteiger partial charge in [-0.2, -0.15) is 0 Å². The van der Waals surface area contributed by atoms with Crippen LogP contribution in [-0.4, -0.2) is 26.2 Å². The van der Waals surface area contributed by atoms with Gasteiger partial charge in [-0.1, -0.05) is 31.4 Å². The molecule has 2 rings (SSSR count). The lowest BCUT2D eigenvalue weighted by Crippen LogP contribution is -2.28. The highest BCUT2D eigenvalue weighted by Crippen LogP contribution is 2.33. The highest BCUT2D eigenvalue weighted by Gasteiger charge is 2.27. The molecule has 1 aromatic heterocycles. The van der Waals surface area contributed by atoms with Gasteiger partial charge in [0, 0.05) is 19.7 Å². The summed E-state index contributed by atoms with van der Waals surface area (Å²) >= 11 is 0. The largest absolute Gasteiger partial charge is 0.392 e. The smallest absolute Gasteiger partial charge is 0.0852 e. The first-order valence-electron chi connectivity index (χ1n) is 6.72. The van der Waals surface area contributed by atoms with Gasteiger partial charge in [-0.15, -0.1) is 5.10 Å². The first-order valence-corrected chi connectivity index (χ1v) is 6.72. The normalized spacial score (nSPS) is 27.0. The van der Waals surface area contributed by atoms with Crippen LogP contribution in [0.25, 0.3) is 0 Å². The topological polar surface area (TPSA) is 50.9 Å². The molecule has 0 aliphatic heterocycles. The number of rotatable bonds is 4. The van der Waals surface area contributed by atoms with E-state index in [4.69, 9.17) is 0 Å². The summed E-state index contributed by atoms with van der Waals surface area (Å²) in [7, 11) is 1.86. The molecule has 4 heteroatoms. The maximum atomic E-state index is 10.3. The Morgan fingerprint density at radius 3 is 3.00 bits per heavy atom. The van der Waals surface area contributed by atoms with E-state index in [2.05, 4.69) is 17.2 Å². The van der Waals surface area contributed by atoms with Crippen molar-refractivity contribution in [3.05, 3.63) is 11.9 Å². The van der Waals surface area contributed by atoms with E-state index in [1.165, 1.54) is 25.7 Å². The molecule has 0 radical (unpaired) electrons. The highest BCUT2D eigenvalue weighted by atomic mass is 16.3. The maximum absolute atomic E-state index is 10.3. The van der Waals surface area contributed by atoms with E-state index in [0.29, 0.717) is 12.3 Å². The molecular formula is C13H23N3O. The fourth-order valence-electron chi connectivity index (χ4n) is 2.92. The number of aryl methyl sites for hydroxylation is 1. The summed E-state index contributed by atoms with van der Waals surface area (Å²) in [5.41, 5.74) is 0.902. The van der Waals surface area contributed by atoms with Gasteiger partial charge in [-0.05, 0) is 24.7 Å². The van der Waals surface area contributed by atoms with E-state index < -0.39 is 0 Å². The van der Waals surface area contributed by atoms with Crippen LogP contribution in [0.5, 0.6) is 0 Å². The summed E-state index contributed by atoms with van der Waals surface area (Å²) in [5.74, 6) is 1.26. The third-order valence-corrected chi connectivity index (χ3v) is 4.01. The van der Waals surface area contributed by atoms with E-state index in [-0.39, 0.29) is 6.10 Å². The molecule has 0 amide bonds. The molecule has 3 atom stereocenters. The number of aromatic nitrogens is 3. The summed E-state index contributed by atoms with van der Waals surface area (Å²) < 4.78 is 1.69. The summed E-state index contributed by atoms with van der Waals surface area (Å²) in [6, 6.07) is 0. The van der Waals surface area contributed by atoms with Gasteiger partial charge in [0.2, 0.25) is 0 Å². The van der Waals surface area contributed by atoms with Crippen molar-refractivity contribution in [3.63, 3.8) is 0 Å². The van der Waals surface area contributed by atoms with Crippen LogP contribution in [-0.2, 0) is 13.5 Å². The standard InChI is InChI=1S/C13H23N3O/c1-3-10-5-4-6-11(7-10)13(17)8-12-9-16(2)15-14-12/h9-11,13,17H,3-8H2,1-2H3. The third-order valence-electron chi connectivity index (χ3n) is 4.01. The SMILES string of the molecule is CCC1CCCC(C(O)Cc2cn(C)nn2)C1. The van der Waals surface area contributed by atoms with E-state index in [0.717, 1.165) is 18.0 Å². The lowest BCUT2D eigenvalue weighted by molar-refractivity contribution is 0.0677. The number of aliphatic hydroxyl groups excluding tert-OH is 1. The lowest BCUT2D eigenvalue weighted by atomic mass is 9.77. The molecule has 1 saturated carbocycles. The van der Waals surface area contributed by atoms with Crippen molar-refractivity contribution >= 4 is 0 Å². The van der Waals surface area contributed by atoms with Crippen molar-refractivity contribution in [1.82, 2.24) is 15.0 Å². The van der Waals surface area contributed by atoms with Gasteiger partial charge in [0.1, 0.15) is 0 Å². The van der Waals surface area contributed by atoms with Crippen LogP contribution in [0.3, 0.4) is 0 Å². The van der Waals surface area contributed by atoms with Crippen LogP contribution in [0.1, 0.15) is 44.7 Å². The second-order valence-corrected chi connectivity index (χ2v) is 5.36. The minimum atomic E-state index is -0.249. The molecule has 4 nitrogen and oxygen atoms in total. The van der Waals surface area contributed by atoms with Crippen molar-refractivity contribution in [2.75, 3.05) is 0 Å². The first kappa shape index (κ1) is 12.6. The average Bonchev–Trinajstić information content (AvgIpc) is 2.75. The van der Waals surface area contributed by atoms with E-state index in [9.17, 15) is 5.11 Å². The third kappa shape index (κ3) is 3.28. The van der Waals surface area contributed by atoms with Gasteiger partial charge >= 0.3 is 0 Å². The van der Waals surface area contributed by atoms with E-state index >= 15 is 0 Å². The summed E-state index contributed by atoms with van der Waals surface area (Å²) in [4.78, 5) is 0. The van der Waals surface area contributed by atoms with Crippen LogP contribution < -0.4 is 0 Å². The van der Waals surface area contributed by atoms with Crippen molar-refractivity contribution in [2.45, 2.75) is 51.6 Å². The van der Waals surface area contributed by atoms with Gasteiger partial charge in [-0.3, -0.25) is 4.68 Å². The summed E-state index contributed by atoms with van der Waals surface area (Å²) in [6.45, 7) is 2.25. The minimum absolute atomic E-state index is 0.249. The molecule has 1 aliphatic carbocycles. The van der Waals surface area contributed by atoms with Crippen LogP contribution in [0.2, 0.25) is 0 Å². The van der Waals surface area contributed by atoms with Crippen molar-refractivity contribution in [2.24, 2.45) is 18.9 Å². The quantitative estimate of drug-likeness (QED) is 0.870. The Kier molecular flexibility index (Phi) is 4.15. The fourth-order valence-corrected chi connectivity index (χ4v) is 2.92. The van der Waals surface area contributed by atoms with E-state index in [1.54, 1.807) is 4.68 Å². The van der Waals surface area contributed by atoms with Crippen LogP contribution in [0, 0.1) is 11.8 Å². The highest BCUT2D eigenvalue weighted by molar-refractivity contribution is 4.95. The number of hydrogen-bond donors (Lipinski definition) is 1. The van der Waals surface area contributed by atoms with Crippen LogP contribution in [0.15, 0.2) is 6.20 Å². The first-order chi connectivity index (χ1) is 8.19. The average molecular weight is 237 g/mol. The molecule has 0 bridgehead atoms. The lowest BCUT2D eigenvalue weighted by Gasteiger charge is -2.31. The zero-order valence-corrected chi connectivity index (χ0v) is 10.8. The molecule has 1 fully saturated rings. The zero-order chi connectivity index (χ0) is 12.3. The number of nitrogens with zero attached hydrogens (tertiary/aromatic N) is 3. The molecule has 0 spiro atoms. The van der Waals surface area contributed by atoms with Crippen LogP contribution in [0.4, 0.5) is 0 Å². The maximum Gasteiger partial charge on any atom is 0.0852 e. The Labute approximate surface area is 103 Å². The molecule has 1 aromatic rings. The van der Waals surface area contributed by atoms with Gasteiger partial charge in [0.25, 0.3) is 0 Å². The summed E-state index contributed by atoms with van der Waals surface area (Å²) in [5, 5.41) is 18.2. The Bertz CT molecular complexity index is 350.